The van der Waals surface area contributed by atoms with Gasteiger partial charge in [-0.3, -0.25) is 0 Å². The zero-order chi connectivity index (χ0) is 11.5. The average molecular weight is 238 g/mol. The molecule has 2 heterocycles. The number of halogens is 1. The number of pyridine rings is 1. The highest BCUT2D eigenvalue weighted by molar-refractivity contribution is 6.17. The standard InChI is InChI=1S/C11H12ClN3O/c1-8-6-10(15(2)14-8)16-11-9(7-12)4-3-5-13-11/h3-6H,7H2,1-2H3. The van der Waals surface area contributed by atoms with Crippen LogP contribution in [0.5, 0.6) is 11.8 Å². The van der Waals surface area contributed by atoms with E-state index >= 15 is 0 Å². The van der Waals surface area contributed by atoms with Crippen LogP contribution in [0.15, 0.2) is 24.4 Å². The number of alkyl halides is 1. The van der Waals surface area contributed by atoms with Crippen LogP contribution in [0.25, 0.3) is 0 Å². The first-order chi connectivity index (χ1) is 7.70. The molecule has 0 bridgehead atoms. The van der Waals surface area contributed by atoms with Crippen molar-refractivity contribution in [3.8, 4) is 11.8 Å². The lowest BCUT2D eigenvalue weighted by Crippen LogP contribution is -1.98. The maximum Gasteiger partial charge on any atom is 0.225 e. The van der Waals surface area contributed by atoms with Crippen LogP contribution in [0, 0.1) is 6.92 Å². The van der Waals surface area contributed by atoms with Gasteiger partial charge in [-0.15, -0.1) is 11.6 Å². The van der Waals surface area contributed by atoms with Crippen molar-refractivity contribution in [1.29, 1.82) is 0 Å². The first-order valence-corrected chi connectivity index (χ1v) is 5.42. The molecule has 0 aliphatic rings. The molecule has 0 aliphatic heterocycles. The Kier molecular flexibility index (Phi) is 3.10. The summed E-state index contributed by atoms with van der Waals surface area (Å²) in [6.07, 6.45) is 1.68. The topological polar surface area (TPSA) is 39.9 Å². The predicted octanol–water partition coefficient (Wildman–Crippen LogP) is 2.65. The van der Waals surface area contributed by atoms with Gasteiger partial charge in [0.05, 0.1) is 11.6 Å². The number of rotatable bonds is 3. The minimum absolute atomic E-state index is 0.375. The summed E-state index contributed by atoms with van der Waals surface area (Å²) in [5, 5.41) is 4.19. The molecule has 0 radical (unpaired) electrons. The number of aryl methyl sites for hydroxylation is 2. The third-order valence-corrected chi connectivity index (χ3v) is 2.44. The van der Waals surface area contributed by atoms with Crippen LogP contribution < -0.4 is 4.74 Å². The summed E-state index contributed by atoms with van der Waals surface area (Å²) >= 11 is 5.80. The van der Waals surface area contributed by atoms with Crippen molar-refractivity contribution in [2.45, 2.75) is 12.8 Å². The van der Waals surface area contributed by atoms with Gasteiger partial charge in [0, 0.05) is 24.9 Å². The van der Waals surface area contributed by atoms with Crippen LogP contribution in [0.3, 0.4) is 0 Å². The average Bonchev–Trinajstić information content (AvgIpc) is 2.58. The second kappa shape index (κ2) is 4.53. The summed E-state index contributed by atoms with van der Waals surface area (Å²) in [7, 11) is 1.83. The molecule has 0 spiro atoms. The molecule has 5 heteroatoms. The van der Waals surface area contributed by atoms with Crippen LogP contribution >= 0.6 is 11.6 Å². The molecule has 0 atom stereocenters. The predicted molar refractivity (Wildman–Crippen MR) is 61.8 cm³/mol. The van der Waals surface area contributed by atoms with E-state index in [2.05, 4.69) is 10.1 Å². The number of aromatic nitrogens is 3. The van der Waals surface area contributed by atoms with Gasteiger partial charge in [-0.1, -0.05) is 6.07 Å². The summed E-state index contributed by atoms with van der Waals surface area (Å²) in [5.74, 6) is 1.56. The first kappa shape index (κ1) is 11.0. The Morgan fingerprint density at radius 3 is 2.94 bits per heavy atom. The third kappa shape index (κ3) is 2.17. The maximum atomic E-state index is 5.80. The molecule has 2 aromatic rings. The molecule has 2 aromatic heterocycles. The normalized spacial score (nSPS) is 10.4. The minimum Gasteiger partial charge on any atom is -0.421 e. The Bertz CT molecular complexity index is 496. The SMILES string of the molecule is Cc1cc(Oc2ncccc2CCl)n(C)n1. The summed E-state index contributed by atoms with van der Waals surface area (Å²) < 4.78 is 7.33. The van der Waals surface area contributed by atoms with Gasteiger partial charge in [0.2, 0.25) is 11.8 Å². The van der Waals surface area contributed by atoms with Gasteiger partial charge < -0.3 is 4.74 Å². The van der Waals surface area contributed by atoms with E-state index in [4.69, 9.17) is 16.3 Å². The van der Waals surface area contributed by atoms with Crippen molar-refractivity contribution in [1.82, 2.24) is 14.8 Å². The second-order valence-electron chi connectivity index (χ2n) is 3.45. The first-order valence-electron chi connectivity index (χ1n) is 4.89. The zero-order valence-corrected chi connectivity index (χ0v) is 9.90. The molecular weight excluding hydrogens is 226 g/mol. The van der Waals surface area contributed by atoms with Crippen LogP contribution in [-0.4, -0.2) is 14.8 Å². The summed E-state index contributed by atoms with van der Waals surface area (Å²) in [4.78, 5) is 4.15. The summed E-state index contributed by atoms with van der Waals surface area (Å²) in [6.45, 7) is 1.91. The van der Waals surface area contributed by atoms with Crippen molar-refractivity contribution < 1.29 is 4.74 Å². The molecular formula is C11H12ClN3O. The Balaban J connectivity index is 2.30. The van der Waals surface area contributed by atoms with Gasteiger partial charge >= 0.3 is 0 Å². The molecule has 4 nitrogen and oxygen atoms in total. The largest absolute Gasteiger partial charge is 0.421 e. The Labute approximate surface area is 98.8 Å². The van der Waals surface area contributed by atoms with E-state index in [1.54, 1.807) is 10.9 Å². The number of ether oxygens (including phenoxy) is 1. The van der Waals surface area contributed by atoms with Gasteiger partial charge in [-0.05, 0) is 13.0 Å². The van der Waals surface area contributed by atoms with Crippen molar-refractivity contribution in [3.05, 3.63) is 35.7 Å². The molecule has 0 amide bonds. The van der Waals surface area contributed by atoms with E-state index < -0.39 is 0 Å². The van der Waals surface area contributed by atoms with E-state index in [1.807, 2.05) is 32.2 Å². The zero-order valence-electron chi connectivity index (χ0n) is 9.14. The van der Waals surface area contributed by atoms with Crippen LogP contribution in [0.4, 0.5) is 0 Å². The molecule has 16 heavy (non-hydrogen) atoms. The lowest BCUT2D eigenvalue weighted by molar-refractivity contribution is 0.412. The van der Waals surface area contributed by atoms with E-state index in [0.29, 0.717) is 17.6 Å². The second-order valence-corrected chi connectivity index (χ2v) is 3.72. The van der Waals surface area contributed by atoms with Crippen LogP contribution in [0.2, 0.25) is 0 Å². The van der Waals surface area contributed by atoms with E-state index in [9.17, 15) is 0 Å². The fourth-order valence-corrected chi connectivity index (χ4v) is 1.60. The third-order valence-electron chi connectivity index (χ3n) is 2.15. The van der Waals surface area contributed by atoms with Crippen LogP contribution in [-0.2, 0) is 12.9 Å². The molecule has 0 unspecified atom stereocenters. The molecule has 2 rings (SSSR count). The van der Waals surface area contributed by atoms with E-state index in [0.717, 1.165) is 11.3 Å². The fraction of sp³-hybridized carbons (Fsp3) is 0.273. The van der Waals surface area contributed by atoms with Gasteiger partial charge in [-0.2, -0.15) is 5.10 Å². The van der Waals surface area contributed by atoms with Crippen molar-refractivity contribution in [2.24, 2.45) is 7.05 Å². The molecule has 0 fully saturated rings. The van der Waals surface area contributed by atoms with Gasteiger partial charge in [0.15, 0.2) is 0 Å². The van der Waals surface area contributed by atoms with Crippen LogP contribution in [0.1, 0.15) is 11.3 Å². The summed E-state index contributed by atoms with van der Waals surface area (Å²) in [6, 6.07) is 5.57. The van der Waals surface area contributed by atoms with E-state index in [-0.39, 0.29) is 0 Å². The van der Waals surface area contributed by atoms with Crippen molar-refractivity contribution in [3.63, 3.8) is 0 Å². The number of hydrogen-bond acceptors (Lipinski definition) is 3. The smallest absolute Gasteiger partial charge is 0.225 e. The number of nitrogens with zero attached hydrogens (tertiary/aromatic N) is 3. The summed E-state index contributed by atoms with van der Waals surface area (Å²) in [5.41, 5.74) is 1.77. The Hall–Kier alpha value is -1.55. The monoisotopic (exact) mass is 237 g/mol. The van der Waals surface area contributed by atoms with Gasteiger partial charge in [0.25, 0.3) is 0 Å². The number of hydrogen-bond donors (Lipinski definition) is 0. The highest BCUT2D eigenvalue weighted by Gasteiger charge is 2.08. The van der Waals surface area contributed by atoms with Gasteiger partial charge in [-0.25, -0.2) is 9.67 Å². The van der Waals surface area contributed by atoms with Gasteiger partial charge in [0.1, 0.15) is 0 Å². The highest BCUT2D eigenvalue weighted by atomic mass is 35.5. The molecule has 0 saturated carbocycles. The molecule has 0 N–H and O–H groups in total. The van der Waals surface area contributed by atoms with Crippen molar-refractivity contribution in [2.75, 3.05) is 0 Å². The lowest BCUT2D eigenvalue weighted by Gasteiger charge is -2.07. The Morgan fingerprint density at radius 2 is 2.31 bits per heavy atom. The molecule has 84 valence electrons. The maximum absolute atomic E-state index is 5.80. The Morgan fingerprint density at radius 1 is 1.50 bits per heavy atom. The molecule has 0 saturated heterocycles. The molecule has 0 aliphatic carbocycles. The molecule has 0 aromatic carbocycles. The minimum atomic E-state index is 0.375. The fourth-order valence-electron chi connectivity index (χ4n) is 1.40. The van der Waals surface area contributed by atoms with Crippen molar-refractivity contribution >= 4 is 11.6 Å². The van der Waals surface area contributed by atoms with E-state index in [1.165, 1.54) is 0 Å². The highest BCUT2D eigenvalue weighted by Crippen LogP contribution is 2.23. The lowest BCUT2D eigenvalue weighted by atomic mass is 10.3. The quantitative estimate of drug-likeness (QED) is 0.771.